The van der Waals surface area contributed by atoms with E-state index in [1.807, 2.05) is 0 Å². The number of carbonyl (C=O) groups is 2. The van der Waals surface area contributed by atoms with Crippen LogP contribution >= 0.6 is 0 Å². The van der Waals surface area contributed by atoms with Gasteiger partial charge in [-0.2, -0.15) is 0 Å². The van der Waals surface area contributed by atoms with Gasteiger partial charge in [0.2, 0.25) is 0 Å². The van der Waals surface area contributed by atoms with Crippen LogP contribution in [-0.4, -0.2) is 23.2 Å². The van der Waals surface area contributed by atoms with Crippen molar-refractivity contribution in [3.63, 3.8) is 0 Å². The molecular formula is C11H13NO3. The number of hydrogen-bond acceptors (Lipinski definition) is 4. The molecule has 15 heavy (non-hydrogen) atoms. The Hall–Kier alpha value is -1.68. The molecule has 0 aliphatic heterocycles. The predicted octanol–water partition coefficient (Wildman–Crippen LogP) is 0.664. The molecule has 4 heteroatoms. The molecular weight excluding hydrogens is 194 g/mol. The van der Waals surface area contributed by atoms with Gasteiger partial charge in [-0.3, -0.25) is 4.79 Å². The lowest BCUT2D eigenvalue weighted by Crippen LogP contribution is -2.25. The Morgan fingerprint density at radius 1 is 1.60 bits per heavy atom. The van der Waals surface area contributed by atoms with Gasteiger partial charge in [0.25, 0.3) is 0 Å². The number of nitrogens with two attached hydrogens (primary N) is 1. The Morgan fingerprint density at radius 3 is 2.80 bits per heavy atom. The van der Waals surface area contributed by atoms with E-state index in [2.05, 4.69) is 0 Å². The fourth-order valence-electron chi connectivity index (χ4n) is 1.37. The minimum Gasteiger partial charge on any atom is -0.508 e. The third kappa shape index (κ3) is 2.89. The minimum atomic E-state index is -0.618. The highest BCUT2D eigenvalue weighted by atomic mass is 16.3. The summed E-state index contributed by atoms with van der Waals surface area (Å²) in [5.41, 5.74) is 6.56. The zero-order chi connectivity index (χ0) is 11.4. The van der Waals surface area contributed by atoms with Gasteiger partial charge in [0, 0.05) is 5.56 Å². The van der Waals surface area contributed by atoms with Crippen molar-refractivity contribution in [2.45, 2.75) is 19.4 Å². The largest absolute Gasteiger partial charge is 0.508 e. The minimum absolute atomic E-state index is 0.0311. The van der Waals surface area contributed by atoms with E-state index in [4.69, 9.17) is 5.73 Å². The lowest BCUT2D eigenvalue weighted by molar-refractivity contribution is -0.108. The maximum absolute atomic E-state index is 11.2. The normalized spacial score (nSPS) is 12.1. The van der Waals surface area contributed by atoms with Crippen molar-refractivity contribution >= 4 is 12.1 Å². The first-order chi connectivity index (χ1) is 7.04. The summed E-state index contributed by atoms with van der Waals surface area (Å²) in [6.07, 6.45) is 0.940. The first kappa shape index (κ1) is 11.4. The smallest absolute Gasteiger partial charge is 0.160 e. The van der Waals surface area contributed by atoms with Gasteiger partial charge < -0.3 is 15.6 Å². The van der Waals surface area contributed by atoms with E-state index in [0.29, 0.717) is 23.8 Å². The molecule has 0 bridgehead atoms. The Morgan fingerprint density at radius 2 is 2.27 bits per heavy atom. The first-order valence-electron chi connectivity index (χ1n) is 4.58. The highest BCUT2D eigenvalue weighted by molar-refractivity contribution is 5.96. The third-order valence-corrected chi connectivity index (χ3v) is 2.10. The second-order valence-corrected chi connectivity index (χ2v) is 3.40. The molecule has 0 spiro atoms. The molecule has 0 aliphatic carbocycles. The number of rotatable bonds is 4. The number of ketones is 1. The summed E-state index contributed by atoms with van der Waals surface area (Å²) < 4.78 is 0. The molecule has 3 N–H and O–H groups in total. The Labute approximate surface area is 87.7 Å². The fourth-order valence-corrected chi connectivity index (χ4v) is 1.37. The molecule has 1 aromatic carbocycles. The van der Waals surface area contributed by atoms with Gasteiger partial charge in [0.15, 0.2) is 5.78 Å². The molecule has 4 nitrogen and oxygen atoms in total. The van der Waals surface area contributed by atoms with E-state index < -0.39 is 6.04 Å². The fraction of sp³-hybridized carbons (Fsp3) is 0.273. The first-order valence-corrected chi connectivity index (χ1v) is 4.58. The van der Waals surface area contributed by atoms with E-state index in [-0.39, 0.29) is 11.5 Å². The van der Waals surface area contributed by atoms with E-state index in [1.165, 1.54) is 19.1 Å². The van der Waals surface area contributed by atoms with Gasteiger partial charge in [0.1, 0.15) is 12.0 Å². The van der Waals surface area contributed by atoms with Crippen molar-refractivity contribution in [3.8, 4) is 5.75 Å². The molecule has 0 unspecified atom stereocenters. The number of benzene rings is 1. The zero-order valence-corrected chi connectivity index (χ0v) is 8.43. The van der Waals surface area contributed by atoms with Gasteiger partial charge in [0.05, 0.1) is 6.04 Å². The highest BCUT2D eigenvalue weighted by Crippen LogP contribution is 2.18. The zero-order valence-electron chi connectivity index (χ0n) is 8.43. The Kier molecular flexibility index (Phi) is 3.57. The van der Waals surface area contributed by atoms with Crippen LogP contribution in [0.25, 0.3) is 0 Å². The van der Waals surface area contributed by atoms with Crippen molar-refractivity contribution in [2.75, 3.05) is 0 Å². The van der Waals surface area contributed by atoms with Crippen LogP contribution in [0.3, 0.4) is 0 Å². The maximum Gasteiger partial charge on any atom is 0.160 e. The monoisotopic (exact) mass is 207 g/mol. The molecule has 1 aromatic rings. The summed E-state index contributed by atoms with van der Waals surface area (Å²) in [7, 11) is 0. The van der Waals surface area contributed by atoms with Crippen molar-refractivity contribution in [3.05, 3.63) is 29.3 Å². The van der Waals surface area contributed by atoms with E-state index in [9.17, 15) is 14.7 Å². The molecule has 0 amide bonds. The number of aromatic hydroxyl groups is 1. The maximum atomic E-state index is 11.2. The molecule has 0 fully saturated rings. The summed E-state index contributed by atoms with van der Waals surface area (Å²) in [5.74, 6) is -0.123. The van der Waals surface area contributed by atoms with Crippen LogP contribution in [0.4, 0.5) is 0 Å². The van der Waals surface area contributed by atoms with Crippen LogP contribution in [0.5, 0.6) is 5.75 Å². The standard InChI is InChI=1S/C11H13NO3/c1-7(14)11-5-10(15)3-2-8(11)4-9(12)6-13/h2-3,5-6,9,15H,4,12H2,1H3/t9-/m0/s1. The lowest BCUT2D eigenvalue weighted by atomic mass is 9.98. The summed E-state index contributed by atoms with van der Waals surface area (Å²) in [5, 5.41) is 9.22. The van der Waals surface area contributed by atoms with E-state index in [0.717, 1.165) is 0 Å². The van der Waals surface area contributed by atoms with Crippen LogP contribution in [-0.2, 0) is 11.2 Å². The number of carbonyl (C=O) groups excluding carboxylic acids is 2. The quantitative estimate of drug-likeness (QED) is 0.561. The summed E-state index contributed by atoms with van der Waals surface area (Å²) >= 11 is 0. The highest BCUT2D eigenvalue weighted by Gasteiger charge is 2.11. The van der Waals surface area contributed by atoms with Crippen LogP contribution in [0.1, 0.15) is 22.8 Å². The number of phenolic OH excluding ortho intramolecular Hbond substituents is 1. The van der Waals surface area contributed by atoms with Gasteiger partial charge in [-0.05, 0) is 31.0 Å². The molecule has 1 atom stereocenters. The van der Waals surface area contributed by atoms with Crippen LogP contribution in [0, 0.1) is 0 Å². The Balaban J connectivity index is 3.05. The molecule has 0 radical (unpaired) electrons. The van der Waals surface area contributed by atoms with Gasteiger partial charge >= 0.3 is 0 Å². The molecule has 0 heterocycles. The van der Waals surface area contributed by atoms with Gasteiger partial charge in [-0.25, -0.2) is 0 Å². The Bertz CT molecular complexity index is 387. The average Bonchev–Trinajstić information content (AvgIpc) is 2.20. The van der Waals surface area contributed by atoms with Crippen molar-refractivity contribution in [1.82, 2.24) is 0 Å². The molecule has 0 saturated carbocycles. The van der Waals surface area contributed by atoms with E-state index >= 15 is 0 Å². The third-order valence-electron chi connectivity index (χ3n) is 2.10. The summed E-state index contributed by atoms with van der Waals surface area (Å²) in [6.45, 7) is 1.41. The summed E-state index contributed by atoms with van der Waals surface area (Å²) in [6, 6.07) is 3.84. The second-order valence-electron chi connectivity index (χ2n) is 3.40. The SMILES string of the molecule is CC(=O)c1cc(O)ccc1C[C@H](N)C=O. The van der Waals surface area contributed by atoms with E-state index in [1.54, 1.807) is 6.07 Å². The number of aldehydes is 1. The van der Waals surface area contributed by atoms with Crippen LogP contribution < -0.4 is 5.73 Å². The predicted molar refractivity (Wildman–Crippen MR) is 55.9 cm³/mol. The average molecular weight is 207 g/mol. The van der Waals surface area contributed by atoms with Crippen molar-refractivity contribution in [1.29, 1.82) is 0 Å². The second kappa shape index (κ2) is 4.70. The topological polar surface area (TPSA) is 80.4 Å². The molecule has 0 aromatic heterocycles. The molecule has 1 rings (SSSR count). The molecule has 0 aliphatic rings. The van der Waals surface area contributed by atoms with Gasteiger partial charge in [-0.15, -0.1) is 0 Å². The lowest BCUT2D eigenvalue weighted by Gasteiger charge is -2.09. The van der Waals surface area contributed by atoms with Crippen molar-refractivity contribution < 1.29 is 14.7 Å². The molecule has 0 saturated heterocycles. The number of Topliss-reactive ketones (excluding diaryl/α,β-unsaturated/α-hetero) is 1. The van der Waals surface area contributed by atoms with Gasteiger partial charge in [-0.1, -0.05) is 6.07 Å². The number of phenols is 1. The molecule has 80 valence electrons. The van der Waals surface area contributed by atoms with Crippen LogP contribution in [0.15, 0.2) is 18.2 Å². The summed E-state index contributed by atoms with van der Waals surface area (Å²) in [4.78, 5) is 21.6. The number of hydrogen-bond donors (Lipinski definition) is 2. The van der Waals surface area contributed by atoms with Crippen molar-refractivity contribution in [2.24, 2.45) is 5.73 Å². The van der Waals surface area contributed by atoms with Crippen LogP contribution in [0.2, 0.25) is 0 Å².